The molecule has 1 aromatic rings. The first-order chi connectivity index (χ1) is 7.04. The van der Waals surface area contributed by atoms with Gasteiger partial charge in [-0.1, -0.05) is 13.5 Å². The third-order valence-corrected chi connectivity index (χ3v) is 2.59. The molecule has 0 saturated heterocycles. The van der Waals surface area contributed by atoms with E-state index >= 15 is 0 Å². The van der Waals surface area contributed by atoms with Crippen LogP contribution in [0.25, 0.3) is 0 Å². The molecule has 1 rings (SSSR count). The third kappa shape index (κ3) is 3.27. The Morgan fingerprint density at radius 3 is 2.67 bits per heavy atom. The lowest BCUT2D eigenvalue weighted by atomic mass is 10.1. The van der Waals surface area contributed by atoms with Crippen molar-refractivity contribution in [2.45, 2.75) is 20.3 Å². The van der Waals surface area contributed by atoms with Crippen LogP contribution in [0.5, 0.6) is 5.75 Å². The fraction of sp³-hybridized carbons (Fsp3) is 0.333. The monoisotopic (exact) mass is 269 g/mol. The van der Waals surface area contributed by atoms with Gasteiger partial charge in [-0.15, -0.1) is 0 Å². The number of nitrogen functional groups attached to an aromatic ring is 1. The third-order valence-electron chi connectivity index (χ3n) is 2.00. The lowest BCUT2D eigenvalue weighted by Gasteiger charge is -2.12. The smallest absolute Gasteiger partial charge is 0.156 e. The summed E-state index contributed by atoms with van der Waals surface area (Å²) in [6.45, 7) is 8.29. The molecular formula is C12H16BrNO. The average molecular weight is 270 g/mol. The highest BCUT2D eigenvalue weighted by Gasteiger charge is 2.07. The van der Waals surface area contributed by atoms with Crippen molar-refractivity contribution >= 4 is 21.6 Å². The number of aryl methyl sites for hydroxylation is 1. The van der Waals surface area contributed by atoms with E-state index in [1.165, 1.54) is 5.56 Å². The summed E-state index contributed by atoms with van der Waals surface area (Å²) in [5, 5.41) is 0. The van der Waals surface area contributed by atoms with Gasteiger partial charge in [0.25, 0.3) is 0 Å². The molecule has 0 amide bonds. The second-order valence-electron chi connectivity index (χ2n) is 3.60. The van der Waals surface area contributed by atoms with Gasteiger partial charge in [-0.2, -0.15) is 0 Å². The highest BCUT2D eigenvalue weighted by molar-refractivity contribution is 9.10. The standard InChI is InChI=1S/C12H16BrNO/c1-4-9-5-10(13)12(11(14)6-9)15-7-8(2)3/h5-6H,2,4,7,14H2,1,3H3. The first kappa shape index (κ1) is 12.1. The summed E-state index contributed by atoms with van der Waals surface area (Å²) in [5.74, 6) is 0.704. The minimum Gasteiger partial charge on any atom is -0.486 e. The second-order valence-corrected chi connectivity index (χ2v) is 4.45. The number of hydrogen-bond donors (Lipinski definition) is 1. The minimum atomic E-state index is 0.494. The Labute approximate surface area is 99.3 Å². The number of halogens is 1. The molecule has 3 heteroatoms. The van der Waals surface area contributed by atoms with E-state index in [0.29, 0.717) is 18.0 Å². The molecular weight excluding hydrogens is 254 g/mol. The van der Waals surface area contributed by atoms with Gasteiger partial charge in [-0.05, 0) is 52.5 Å². The summed E-state index contributed by atoms with van der Waals surface area (Å²) in [7, 11) is 0. The number of ether oxygens (including phenoxy) is 1. The van der Waals surface area contributed by atoms with Crippen molar-refractivity contribution < 1.29 is 4.74 Å². The first-order valence-corrected chi connectivity index (χ1v) is 5.69. The summed E-state index contributed by atoms with van der Waals surface area (Å²) in [4.78, 5) is 0. The molecule has 82 valence electrons. The lowest BCUT2D eigenvalue weighted by Crippen LogP contribution is -2.02. The van der Waals surface area contributed by atoms with Crippen molar-refractivity contribution in [1.82, 2.24) is 0 Å². The molecule has 0 bridgehead atoms. The zero-order valence-electron chi connectivity index (χ0n) is 9.14. The van der Waals surface area contributed by atoms with Crippen molar-refractivity contribution in [3.8, 4) is 5.75 Å². The molecule has 0 atom stereocenters. The van der Waals surface area contributed by atoms with E-state index in [-0.39, 0.29) is 0 Å². The molecule has 0 aromatic heterocycles. The van der Waals surface area contributed by atoms with E-state index < -0.39 is 0 Å². The van der Waals surface area contributed by atoms with E-state index in [4.69, 9.17) is 10.5 Å². The van der Waals surface area contributed by atoms with Gasteiger partial charge in [0.15, 0.2) is 5.75 Å². The molecule has 0 heterocycles. The van der Waals surface area contributed by atoms with Gasteiger partial charge >= 0.3 is 0 Å². The zero-order chi connectivity index (χ0) is 11.4. The normalized spacial score (nSPS) is 10.1. The highest BCUT2D eigenvalue weighted by Crippen LogP contribution is 2.33. The maximum absolute atomic E-state index is 5.90. The van der Waals surface area contributed by atoms with Crippen LogP contribution in [0.2, 0.25) is 0 Å². The fourth-order valence-corrected chi connectivity index (χ4v) is 1.86. The molecule has 2 nitrogen and oxygen atoms in total. The minimum absolute atomic E-state index is 0.494. The van der Waals surface area contributed by atoms with Crippen molar-refractivity contribution in [2.24, 2.45) is 0 Å². The molecule has 1 aromatic carbocycles. The van der Waals surface area contributed by atoms with E-state index in [2.05, 4.69) is 29.4 Å². The van der Waals surface area contributed by atoms with Gasteiger partial charge in [0.1, 0.15) is 6.61 Å². The van der Waals surface area contributed by atoms with E-state index in [1.807, 2.05) is 19.1 Å². The lowest BCUT2D eigenvalue weighted by molar-refractivity contribution is 0.352. The zero-order valence-corrected chi connectivity index (χ0v) is 10.7. The number of hydrogen-bond acceptors (Lipinski definition) is 2. The van der Waals surface area contributed by atoms with Gasteiger partial charge in [0.2, 0.25) is 0 Å². The molecule has 0 radical (unpaired) electrons. The molecule has 0 spiro atoms. The Hall–Kier alpha value is -0.960. The van der Waals surface area contributed by atoms with Crippen LogP contribution in [0.15, 0.2) is 28.8 Å². The van der Waals surface area contributed by atoms with Gasteiger partial charge in [0, 0.05) is 0 Å². The molecule has 0 fully saturated rings. The molecule has 0 aliphatic carbocycles. The van der Waals surface area contributed by atoms with Crippen LogP contribution in [-0.4, -0.2) is 6.61 Å². The fourth-order valence-electron chi connectivity index (χ4n) is 1.22. The summed E-state index contributed by atoms with van der Waals surface area (Å²) in [5.41, 5.74) is 8.74. The molecule has 0 aliphatic heterocycles. The summed E-state index contributed by atoms with van der Waals surface area (Å²) >= 11 is 3.45. The van der Waals surface area contributed by atoms with Crippen LogP contribution in [0, 0.1) is 0 Å². The second kappa shape index (κ2) is 5.21. The molecule has 2 N–H and O–H groups in total. The summed E-state index contributed by atoms with van der Waals surface area (Å²) < 4.78 is 6.46. The number of benzene rings is 1. The highest BCUT2D eigenvalue weighted by atomic mass is 79.9. The average Bonchev–Trinajstić information content (AvgIpc) is 2.15. The largest absolute Gasteiger partial charge is 0.486 e. The number of rotatable bonds is 4. The molecule has 0 aliphatic rings. The van der Waals surface area contributed by atoms with Crippen LogP contribution in [0.3, 0.4) is 0 Å². The number of anilines is 1. The van der Waals surface area contributed by atoms with Crippen LogP contribution in [0.1, 0.15) is 19.4 Å². The van der Waals surface area contributed by atoms with Gasteiger partial charge < -0.3 is 10.5 Å². The predicted molar refractivity (Wildman–Crippen MR) is 68.2 cm³/mol. The Kier molecular flexibility index (Phi) is 4.21. The predicted octanol–water partition coefficient (Wildman–Crippen LogP) is 3.55. The van der Waals surface area contributed by atoms with Crippen molar-refractivity contribution in [3.63, 3.8) is 0 Å². The SMILES string of the molecule is C=C(C)COc1c(N)cc(CC)cc1Br. The van der Waals surface area contributed by atoms with E-state index in [9.17, 15) is 0 Å². The molecule has 15 heavy (non-hydrogen) atoms. The summed E-state index contributed by atoms with van der Waals surface area (Å²) in [6.07, 6.45) is 0.962. The first-order valence-electron chi connectivity index (χ1n) is 4.89. The van der Waals surface area contributed by atoms with E-state index in [1.54, 1.807) is 0 Å². The van der Waals surface area contributed by atoms with Crippen LogP contribution < -0.4 is 10.5 Å². The van der Waals surface area contributed by atoms with Crippen molar-refractivity contribution in [2.75, 3.05) is 12.3 Å². The maximum Gasteiger partial charge on any atom is 0.156 e. The Morgan fingerprint density at radius 2 is 2.20 bits per heavy atom. The Balaban J connectivity index is 2.92. The van der Waals surface area contributed by atoms with Crippen LogP contribution >= 0.6 is 15.9 Å². The van der Waals surface area contributed by atoms with Crippen molar-refractivity contribution in [3.05, 3.63) is 34.3 Å². The van der Waals surface area contributed by atoms with Crippen LogP contribution in [0.4, 0.5) is 5.69 Å². The van der Waals surface area contributed by atoms with Gasteiger partial charge in [0.05, 0.1) is 10.2 Å². The topological polar surface area (TPSA) is 35.2 Å². The Bertz CT molecular complexity index is 351. The van der Waals surface area contributed by atoms with Crippen molar-refractivity contribution in [1.29, 1.82) is 0 Å². The van der Waals surface area contributed by atoms with E-state index in [0.717, 1.165) is 16.5 Å². The quantitative estimate of drug-likeness (QED) is 0.670. The molecule has 0 unspecified atom stereocenters. The maximum atomic E-state index is 5.90. The Morgan fingerprint density at radius 1 is 1.53 bits per heavy atom. The van der Waals surface area contributed by atoms with Gasteiger partial charge in [-0.25, -0.2) is 0 Å². The van der Waals surface area contributed by atoms with Crippen LogP contribution in [-0.2, 0) is 6.42 Å². The summed E-state index contributed by atoms with van der Waals surface area (Å²) in [6, 6.07) is 3.97. The van der Waals surface area contributed by atoms with Gasteiger partial charge in [-0.3, -0.25) is 0 Å². The number of nitrogens with two attached hydrogens (primary N) is 1. The molecule has 0 saturated carbocycles.